The van der Waals surface area contributed by atoms with Gasteiger partial charge in [-0.25, -0.2) is 0 Å². The number of hydrogen-bond acceptors (Lipinski definition) is 3. The van der Waals surface area contributed by atoms with E-state index in [1.54, 1.807) is 0 Å². The maximum Gasteiger partial charge on any atom is 0.0107 e. The quantitative estimate of drug-likeness (QED) is 0.675. The largest absolute Gasteiger partial charge is 0.320 e. The molecule has 0 aliphatic carbocycles. The van der Waals surface area contributed by atoms with E-state index in [1.807, 2.05) is 11.8 Å². The average Bonchev–Trinajstić information content (AvgIpc) is 2.28. The molecule has 0 aromatic heterocycles. The Kier molecular flexibility index (Phi) is 7.49. The fourth-order valence-electron chi connectivity index (χ4n) is 2.40. The van der Waals surface area contributed by atoms with Crippen LogP contribution in [-0.2, 0) is 0 Å². The van der Waals surface area contributed by atoms with Crippen LogP contribution in [0.2, 0.25) is 0 Å². The van der Waals surface area contributed by atoms with E-state index in [0.717, 1.165) is 6.04 Å². The second kappa shape index (κ2) is 8.43. The SMILES string of the molecule is CNCCC1CCCCN1CCCSC. The van der Waals surface area contributed by atoms with Gasteiger partial charge in [-0.05, 0) is 64.4 Å². The van der Waals surface area contributed by atoms with Crippen LogP contribution in [0, 0.1) is 0 Å². The summed E-state index contributed by atoms with van der Waals surface area (Å²) in [5, 5.41) is 3.27. The van der Waals surface area contributed by atoms with Crippen molar-refractivity contribution in [2.75, 3.05) is 38.7 Å². The van der Waals surface area contributed by atoms with Gasteiger partial charge in [0.05, 0.1) is 0 Å². The van der Waals surface area contributed by atoms with E-state index in [-0.39, 0.29) is 0 Å². The Labute approximate surface area is 99.2 Å². The highest BCUT2D eigenvalue weighted by atomic mass is 32.2. The number of hydrogen-bond donors (Lipinski definition) is 1. The van der Waals surface area contributed by atoms with Gasteiger partial charge in [0.25, 0.3) is 0 Å². The third-order valence-corrected chi connectivity index (χ3v) is 3.97. The highest BCUT2D eigenvalue weighted by Gasteiger charge is 2.20. The maximum atomic E-state index is 3.27. The van der Waals surface area contributed by atoms with Crippen LogP contribution in [-0.4, -0.2) is 49.6 Å². The van der Waals surface area contributed by atoms with E-state index in [4.69, 9.17) is 0 Å². The Morgan fingerprint density at radius 3 is 3.00 bits per heavy atom. The summed E-state index contributed by atoms with van der Waals surface area (Å²) >= 11 is 1.97. The molecular formula is C12H26N2S. The monoisotopic (exact) mass is 230 g/mol. The normalized spacial score (nSPS) is 23.2. The van der Waals surface area contributed by atoms with Gasteiger partial charge in [-0.3, -0.25) is 0 Å². The second-order valence-electron chi connectivity index (χ2n) is 4.42. The molecule has 1 heterocycles. The molecule has 0 spiro atoms. The topological polar surface area (TPSA) is 15.3 Å². The molecule has 1 atom stereocenters. The Hall–Kier alpha value is 0.270. The van der Waals surface area contributed by atoms with Crippen LogP contribution in [0.1, 0.15) is 32.1 Å². The first-order chi connectivity index (χ1) is 7.38. The summed E-state index contributed by atoms with van der Waals surface area (Å²) in [6.45, 7) is 3.82. The zero-order chi connectivity index (χ0) is 10.9. The highest BCUT2D eigenvalue weighted by Crippen LogP contribution is 2.19. The molecule has 1 rings (SSSR count). The van der Waals surface area contributed by atoms with Crippen molar-refractivity contribution in [2.24, 2.45) is 0 Å². The summed E-state index contributed by atoms with van der Waals surface area (Å²) in [5.74, 6) is 1.31. The lowest BCUT2D eigenvalue weighted by molar-refractivity contribution is 0.141. The summed E-state index contributed by atoms with van der Waals surface area (Å²) in [5.41, 5.74) is 0. The minimum atomic E-state index is 0.855. The van der Waals surface area contributed by atoms with Gasteiger partial charge < -0.3 is 10.2 Å². The number of rotatable bonds is 7. The van der Waals surface area contributed by atoms with Crippen molar-refractivity contribution in [3.63, 3.8) is 0 Å². The van der Waals surface area contributed by atoms with Gasteiger partial charge in [-0.1, -0.05) is 6.42 Å². The zero-order valence-corrected chi connectivity index (χ0v) is 11.1. The lowest BCUT2D eigenvalue weighted by Crippen LogP contribution is -2.41. The van der Waals surface area contributed by atoms with E-state index >= 15 is 0 Å². The molecule has 0 aromatic rings. The van der Waals surface area contributed by atoms with E-state index in [2.05, 4.69) is 23.5 Å². The summed E-state index contributed by atoms with van der Waals surface area (Å²) in [7, 11) is 2.06. The molecule has 15 heavy (non-hydrogen) atoms. The van der Waals surface area contributed by atoms with Gasteiger partial charge in [-0.15, -0.1) is 0 Å². The third-order valence-electron chi connectivity index (χ3n) is 3.27. The van der Waals surface area contributed by atoms with Crippen molar-refractivity contribution in [1.29, 1.82) is 0 Å². The minimum absolute atomic E-state index is 0.855. The molecule has 1 N–H and O–H groups in total. The lowest BCUT2D eigenvalue weighted by atomic mass is 9.99. The Morgan fingerprint density at radius 1 is 1.40 bits per heavy atom. The molecule has 1 unspecified atom stereocenters. The van der Waals surface area contributed by atoms with E-state index < -0.39 is 0 Å². The van der Waals surface area contributed by atoms with Crippen LogP contribution < -0.4 is 5.32 Å². The van der Waals surface area contributed by atoms with Crippen molar-refractivity contribution in [3.8, 4) is 0 Å². The van der Waals surface area contributed by atoms with Gasteiger partial charge >= 0.3 is 0 Å². The molecule has 2 nitrogen and oxygen atoms in total. The van der Waals surface area contributed by atoms with E-state index in [0.29, 0.717) is 0 Å². The van der Waals surface area contributed by atoms with Crippen LogP contribution >= 0.6 is 11.8 Å². The molecule has 1 saturated heterocycles. The van der Waals surface area contributed by atoms with Gasteiger partial charge in [-0.2, -0.15) is 11.8 Å². The number of likely N-dealkylation sites (tertiary alicyclic amines) is 1. The van der Waals surface area contributed by atoms with Crippen LogP contribution in [0.5, 0.6) is 0 Å². The third kappa shape index (κ3) is 5.23. The average molecular weight is 230 g/mol. The lowest BCUT2D eigenvalue weighted by Gasteiger charge is -2.35. The predicted octanol–water partition coefficient (Wildman–Crippen LogP) is 2.20. The Morgan fingerprint density at radius 2 is 2.27 bits per heavy atom. The van der Waals surface area contributed by atoms with Crippen LogP contribution in [0.3, 0.4) is 0 Å². The number of thioether (sulfide) groups is 1. The fourth-order valence-corrected chi connectivity index (χ4v) is 2.82. The molecule has 1 fully saturated rings. The van der Waals surface area contributed by atoms with Crippen molar-refractivity contribution in [2.45, 2.75) is 38.1 Å². The number of nitrogens with zero attached hydrogens (tertiary/aromatic N) is 1. The number of piperidine rings is 1. The van der Waals surface area contributed by atoms with Crippen molar-refractivity contribution in [1.82, 2.24) is 10.2 Å². The van der Waals surface area contributed by atoms with Gasteiger partial charge in [0.15, 0.2) is 0 Å². The molecule has 1 aliphatic heterocycles. The standard InChI is InChI=1S/C12H26N2S/c1-13-8-7-12-6-3-4-9-14(12)10-5-11-15-2/h12-13H,3-11H2,1-2H3. The van der Waals surface area contributed by atoms with E-state index in [9.17, 15) is 0 Å². The first-order valence-corrected chi connectivity index (χ1v) is 7.65. The van der Waals surface area contributed by atoms with Crippen molar-refractivity contribution in [3.05, 3.63) is 0 Å². The molecule has 0 bridgehead atoms. The zero-order valence-electron chi connectivity index (χ0n) is 10.3. The maximum absolute atomic E-state index is 3.27. The predicted molar refractivity (Wildman–Crippen MR) is 70.8 cm³/mol. The fraction of sp³-hybridized carbons (Fsp3) is 1.00. The summed E-state index contributed by atoms with van der Waals surface area (Å²) in [6, 6.07) is 0.855. The van der Waals surface area contributed by atoms with Gasteiger partial charge in [0, 0.05) is 6.04 Å². The molecule has 1 aliphatic rings. The van der Waals surface area contributed by atoms with Crippen LogP contribution in [0.25, 0.3) is 0 Å². The number of nitrogens with one attached hydrogen (secondary N) is 1. The van der Waals surface area contributed by atoms with Gasteiger partial charge in [0.2, 0.25) is 0 Å². The van der Waals surface area contributed by atoms with Crippen molar-refractivity contribution >= 4 is 11.8 Å². The van der Waals surface area contributed by atoms with Crippen LogP contribution in [0.15, 0.2) is 0 Å². The van der Waals surface area contributed by atoms with E-state index in [1.165, 1.54) is 57.5 Å². The Balaban J connectivity index is 2.22. The smallest absolute Gasteiger partial charge is 0.0107 e. The molecule has 3 heteroatoms. The molecule has 90 valence electrons. The van der Waals surface area contributed by atoms with Crippen molar-refractivity contribution < 1.29 is 0 Å². The molecule has 0 aromatic carbocycles. The molecule has 0 saturated carbocycles. The highest BCUT2D eigenvalue weighted by molar-refractivity contribution is 7.98. The molecule has 0 radical (unpaired) electrons. The minimum Gasteiger partial charge on any atom is -0.320 e. The molecular weight excluding hydrogens is 204 g/mol. The second-order valence-corrected chi connectivity index (χ2v) is 5.41. The molecule has 0 amide bonds. The summed E-state index contributed by atoms with van der Waals surface area (Å²) in [6.07, 6.45) is 9.16. The summed E-state index contributed by atoms with van der Waals surface area (Å²) in [4.78, 5) is 2.72. The Bertz CT molecular complexity index is 153. The first-order valence-electron chi connectivity index (χ1n) is 6.26. The van der Waals surface area contributed by atoms with Gasteiger partial charge in [0.1, 0.15) is 0 Å². The first kappa shape index (κ1) is 13.3. The van der Waals surface area contributed by atoms with Crippen LogP contribution in [0.4, 0.5) is 0 Å². The summed E-state index contributed by atoms with van der Waals surface area (Å²) < 4.78 is 0.